The van der Waals surface area contributed by atoms with Crippen molar-refractivity contribution in [1.29, 1.82) is 0 Å². The van der Waals surface area contributed by atoms with Gasteiger partial charge in [0.1, 0.15) is 0 Å². The molecule has 0 aromatic carbocycles. The number of ether oxygens (including phenoxy) is 1. The normalized spacial score (nSPS) is 13.5. The van der Waals surface area contributed by atoms with Crippen LogP contribution in [0.4, 0.5) is 0 Å². The van der Waals surface area contributed by atoms with Gasteiger partial charge in [-0.15, -0.1) is 0 Å². The fourth-order valence-electron chi connectivity index (χ4n) is 1.09. The van der Waals surface area contributed by atoms with Crippen molar-refractivity contribution in [2.24, 2.45) is 5.73 Å². The highest BCUT2D eigenvalue weighted by Crippen LogP contribution is 2.03. The SMILES string of the molecule is CC(C)OCC(N)Cc1ccoc1. The largest absolute Gasteiger partial charge is 0.472 e. The lowest BCUT2D eigenvalue weighted by molar-refractivity contribution is 0.0684. The molecule has 74 valence electrons. The van der Waals surface area contributed by atoms with Crippen LogP contribution in [0.3, 0.4) is 0 Å². The topological polar surface area (TPSA) is 48.4 Å². The summed E-state index contributed by atoms with van der Waals surface area (Å²) in [6.45, 7) is 4.61. The van der Waals surface area contributed by atoms with Gasteiger partial charge in [0.05, 0.1) is 25.2 Å². The number of furan rings is 1. The van der Waals surface area contributed by atoms with Gasteiger partial charge in [-0.25, -0.2) is 0 Å². The first kappa shape index (κ1) is 10.3. The van der Waals surface area contributed by atoms with Crippen LogP contribution in [0.5, 0.6) is 0 Å². The van der Waals surface area contributed by atoms with Gasteiger partial charge in [-0.05, 0) is 31.9 Å². The minimum atomic E-state index is 0.0556. The zero-order valence-electron chi connectivity index (χ0n) is 8.19. The summed E-state index contributed by atoms with van der Waals surface area (Å²) in [7, 11) is 0. The molecule has 0 aliphatic carbocycles. The molecule has 0 aliphatic heterocycles. The van der Waals surface area contributed by atoms with Crippen LogP contribution in [-0.2, 0) is 11.2 Å². The molecule has 1 aromatic heterocycles. The van der Waals surface area contributed by atoms with Gasteiger partial charge in [-0.3, -0.25) is 0 Å². The molecule has 0 fully saturated rings. The Bertz CT molecular complexity index is 219. The van der Waals surface area contributed by atoms with Gasteiger partial charge in [0.2, 0.25) is 0 Å². The number of hydrogen-bond donors (Lipinski definition) is 1. The summed E-state index contributed by atoms with van der Waals surface area (Å²) in [6, 6.07) is 1.98. The average Bonchev–Trinajstić information content (AvgIpc) is 2.53. The highest BCUT2D eigenvalue weighted by molar-refractivity contribution is 5.06. The number of rotatable bonds is 5. The molecule has 1 heterocycles. The van der Waals surface area contributed by atoms with E-state index in [1.165, 1.54) is 0 Å². The summed E-state index contributed by atoms with van der Waals surface area (Å²) in [4.78, 5) is 0. The Morgan fingerprint density at radius 1 is 1.54 bits per heavy atom. The third-order valence-corrected chi connectivity index (χ3v) is 1.72. The minimum Gasteiger partial charge on any atom is -0.472 e. The van der Waals surface area contributed by atoms with Crippen molar-refractivity contribution in [1.82, 2.24) is 0 Å². The molecule has 1 atom stereocenters. The second kappa shape index (κ2) is 5.04. The van der Waals surface area contributed by atoms with Gasteiger partial charge < -0.3 is 14.9 Å². The van der Waals surface area contributed by atoms with Gasteiger partial charge in [-0.1, -0.05) is 0 Å². The van der Waals surface area contributed by atoms with Crippen LogP contribution >= 0.6 is 0 Å². The van der Waals surface area contributed by atoms with E-state index in [0.29, 0.717) is 6.61 Å². The third-order valence-electron chi connectivity index (χ3n) is 1.72. The molecule has 3 heteroatoms. The molecule has 1 rings (SSSR count). The fraction of sp³-hybridized carbons (Fsp3) is 0.600. The highest BCUT2D eigenvalue weighted by atomic mass is 16.5. The molecular weight excluding hydrogens is 166 g/mol. The van der Waals surface area contributed by atoms with Crippen LogP contribution in [0.2, 0.25) is 0 Å². The van der Waals surface area contributed by atoms with E-state index in [2.05, 4.69) is 0 Å². The maximum absolute atomic E-state index is 5.85. The van der Waals surface area contributed by atoms with Crippen LogP contribution in [0.25, 0.3) is 0 Å². The van der Waals surface area contributed by atoms with Gasteiger partial charge in [0.15, 0.2) is 0 Å². The van der Waals surface area contributed by atoms with E-state index in [-0.39, 0.29) is 12.1 Å². The maximum Gasteiger partial charge on any atom is 0.0935 e. The zero-order valence-corrected chi connectivity index (χ0v) is 8.19. The number of hydrogen-bond acceptors (Lipinski definition) is 3. The molecule has 1 aromatic rings. The third kappa shape index (κ3) is 4.10. The zero-order chi connectivity index (χ0) is 9.68. The minimum absolute atomic E-state index is 0.0556. The Kier molecular flexibility index (Phi) is 3.99. The van der Waals surface area contributed by atoms with Crippen LogP contribution in [0, 0.1) is 0 Å². The number of nitrogens with two attached hydrogens (primary N) is 1. The lowest BCUT2D eigenvalue weighted by Crippen LogP contribution is -2.29. The predicted octanol–water partition coefficient (Wildman–Crippen LogP) is 1.57. The van der Waals surface area contributed by atoms with Crippen LogP contribution in [0.1, 0.15) is 19.4 Å². The van der Waals surface area contributed by atoms with Crippen molar-refractivity contribution in [2.75, 3.05) is 6.61 Å². The Labute approximate surface area is 78.9 Å². The first-order chi connectivity index (χ1) is 6.18. The average molecular weight is 183 g/mol. The van der Waals surface area contributed by atoms with Crippen molar-refractivity contribution in [2.45, 2.75) is 32.4 Å². The van der Waals surface area contributed by atoms with Crippen LogP contribution < -0.4 is 5.73 Å². The van der Waals surface area contributed by atoms with E-state index >= 15 is 0 Å². The Balaban J connectivity index is 2.22. The summed E-state index contributed by atoms with van der Waals surface area (Å²) in [5, 5.41) is 0. The van der Waals surface area contributed by atoms with Crippen LogP contribution in [-0.4, -0.2) is 18.8 Å². The molecule has 0 saturated heterocycles. The fourth-order valence-corrected chi connectivity index (χ4v) is 1.09. The quantitative estimate of drug-likeness (QED) is 0.753. The van der Waals surface area contributed by atoms with Crippen LogP contribution in [0.15, 0.2) is 23.0 Å². The van der Waals surface area contributed by atoms with Gasteiger partial charge in [0, 0.05) is 6.04 Å². The van der Waals surface area contributed by atoms with Gasteiger partial charge in [0.25, 0.3) is 0 Å². The monoisotopic (exact) mass is 183 g/mol. The molecule has 2 N–H and O–H groups in total. The molecular formula is C10H17NO2. The molecule has 0 aliphatic rings. The smallest absolute Gasteiger partial charge is 0.0935 e. The first-order valence-electron chi connectivity index (χ1n) is 4.56. The summed E-state index contributed by atoms with van der Waals surface area (Å²) < 4.78 is 10.3. The molecule has 0 spiro atoms. The van der Waals surface area contributed by atoms with Crippen molar-refractivity contribution in [3.05, 3.63) is 24.2 Å². The van der Waals surface area contributed by atoms with Gasteiger partial charge in [-0.2, -0.15) is 0 Å². The Hall–Kier alpha value is -0.800. The maximum atomic E-state index is 5.85. The van der Waals surface area contributed by atoms with E-state index in [1.54, 1.807) is 12.5 Å². The predicted molar refractivity (Wildman–Crippen MR) is 51.5 cm³/mol. The summed E-state index contributed by atoms with van der Waals surface area (Å²) in [5.74, 6) is 0. The first-order valence-corrected chi connectivity index (χ1v) is 4.56. The molecule has 0 bridgehead atoms. The lowest BCUT2D eigenvalue weighted by Gasteiger charge is -2.13. The molecule has 1 unspecified atom stereocenters. The second-order valence-electron chi connectivity index (χ2n) is 3.48. The van der Waals surface area contributed by atoms with E-state index in [0.717, 1.165) is 12.0 Å². The molecule has 0 saturated carbocycles. The lowest BCUT2D eigenvalue weighted by atomic mass is 10.1. The molecule has 3 nitrogen and oxygen atoms in total. The van der Waals surface area contributed by atoms with E-state index < -0.39 is 0 Å². The summed E-state index contributed by atoms with van der Waals surface area (Å²) >= 11 is 0. The van der Waals surface area contributed by atoms with Crippen molar-refractivity contribution in [3.8, 4) is 0 Å². The summed E-state index contributed by atoms with van der Waals surface area (Å²) in [5.41, 5.74) is 6.97. The van der Waals surface area contributed by atoms with E-state index in [1.807, 2.05) is 19.9 Å². The van der Waals surface area contributed by atoms with Gasteiger partial charge >= 0.3 is 0 Å². The standard InChI is InChI=1S/C10H17NO2/c1-8(2)13-7-10(11)5-9-3-4-12-6-9/h3-4,6,8,10H,5,7,11H2,1-2H3. The Morgan fingerprint density at radius 3 is 2.85 bits per heavy atom. The van der Waals surface area contributed by atoms with Crippen molar-refractivity contribution < 1.29 is 9.15 Å². The highest BCUT2D eigenvalue weighted by Gasteiger charge is 2.05. The molecule has 0 radical (unpaired) electrons. The van der Waals surface area contributed by atoms with Crippen molar-refractivity contribution >= 4 is 0 Å². The van der Waals surface area contributed by atoms with E-state index in [4.69, 9.17) is 14.9 Å². The molecule has 0 amide bonds. The Morgan fingerprint density at radius 2 is 2.31 bits per heavy atom. The van der Waals surface area contributed by atoms with Crippen molar-refractivity contribution in [3.63, 3.8) is 0 Å². The van der Waals surface area contributed by atoms with E-state index in [9.17, 15) is 0 Å². The second-order valence-corrected chi connectivity index (χ2v) is 3.48. The summed E-state index contributed by atoms with van der Waals surface area (Å²) in [6.07, 6.45) is 4.43. The molecule has 13 heavy (non-hydrogen) atoms.